The molecule has 0 saturated carbocycles. The van der Waals surface area contributed by atoms with Crippen LogP contribution < -0.4 is 10.1 Å². The lowest BCUT2D eigenvalue weighted by atomic mass is 10.1. The first-order valence-corrected chi connectivity index (χ1v) is 6.14. The fourth-order valence-electron chi connectivity index (χ4n) is 1.74. The van der Waals surface area contributed by atoms with E-state index < -0.39 is 0 Å². The van der Waals surface area contributed by atoms with Gasteiger partial charge in [0, 0.05) is 17.1 Å². The molecule has 90 valence electrons. The van der Waals surface area contributed by atoms with Crippen LogP contribution in [0.1, 0.15) is 5.56 Å². The number of anilines is 1. The quantitative estimate of drug-likeness (QED) is 0.899. The van der Waals surface area contributed by atoms with E-state index >= 15 is 0 Å². The molecule has 1 N–H and O–H groups in total. The molecule has 1 aromatic carbocycles. The van der Waals surface area contributed by atoms with Crippen molar-refractivity contribution in [3.8, 4) is 5.75 Å². The van der Waals surface area contributed by atoms with E-state index in [4.69, 9.17) is 4.74 Å². The second-order valence-electron chi connectivity index (χ2n) is 3.64. The van der Waals surface area contributed by atoms with Gasteiger partial charge in [-0.05, 0) is 18.2 Å². The predicted octanol–water partition coefficient (Wildman–Crippen LogP) is 2.22. The zero-order valence-electron chi connectivity index (χ0n) is 9.51. The number of nitrogens with zero attached hydrogens (tertiary/aromatic N) is 2. The molecule has 1 aliphatic rings. The Bertz CT molecular complexity index is 635. The molecule has 5 nitrogen and oxygen atoms in total. The number of nitrogens with one attached hydrogen (secondary N) is 1. The molecule has 0 aliphatic carbocycles. The van der Waals surface area contributed by atoms with E-state index in [1.807, 2.05) is 5.38 Å². The molecule has 1 amide bonds. The summed E-state index contributed by atoms with van der Waals surface area (Å²) < 4.78 is 5.15. The van der Waals surface area contributed by atoms with Crippen LogP contribution in [0.25, 0.3) is 0 Å². The van der Waals surface area contributed by atoms with Gasteiger partial charge in [-0.1, -0.05) is 0 Å². The van der Waals surface area contributed by atoms with E-state index in [0.717, 1.165) is 11.3 Å². The van der Waals surface area contributed by atoms with Crippen LogP contribution in [0, 0.1) is 0 Å². The molecule has 6 heteroatoms. The van der Waals surface area contributed by atoms with Crippen molar-refractivity contribution in [3.63, 3.8) is 0 Å². The topological polar surface area (TPSA) is 63.6 Å². The Morgan fingerprint density at radius 1 is 1.44 bits per heavy atom. The van der Waals surface area contributed by atoms with Crippen LogP contribution in [0.15, 0.2) is 34.8 Å². The fraction of sp³-hybridized carbons (Fsp3) is 0.0833. The zero-order valence-corrected chi connectivity index (χ0v) is 10.3. The van der Waals surface area contributed by atoms with Crippen LogP contribution in [0.2, 0.25) is 0 Å². The Morgan fingerprint density at radius 3 is 3.06 bits per heavy atom. The van der Waals surface area contributed by atoms with Gasteiger partial charge >= 0.3 is 0 Å². The van der Waals surface area contributed by atoms with Gasteiger partial charge in [0.15, 0.2) is 0 Å². The minimum absolute atomic E-state index is 0.214. The summed E-state index contributed by atoms with van der Waals surface area (Å²) in [6.45, 7) is 0. The molecule has 0 fully saturated rings. The highest BCUT2D eigenvalue weighted by Crippen LogP contribution is 2.29. The third kappa shape index (κ3) is 1.76. The van der Waals surface area contributed by atoms with Crippen LogP contribution in [0.4, 0.5) is 10.8 Å². The van der Waals surface area contributed by atoms with Gasteiger partial charge < -0.3 is 10.1 Å². The van der Waals surface area contributed by atoms with Crippen molar-refractivity contribution in [1.82, 2.24) is 4.98 Å². The van der Waals surface area contributed by atoms with E-state index in [2.05, 4.69) is 15.3 Å². The average Bonchev–Trinajstić information content (AvgIpc) is 2.99. The van der Waals surface area contributed by atoms with E-state index in [1.165, 1.54) is 11.3 Å². The Hall–Kier alpha value is -2.21. The molecule has 0 atom stereocenters. The molecule has 18 heavy (non-hydrogen) atoms. The maximum atomic E-state index is 11.9. The lowest BCUT2D eigenvalue weighted by Crippen LogP contribution is -2.13. The second-order valence-corrected chi connectivity index (χ2v) is 4.51. The molecular weight excluding hydrogens is 250 g/mol. The third-order valence-electron chi connectivity index (χ3n) is 2.57. The van der Waals surface area contributed by atoms with Crippen molar-refractivity contribution < 1.29 is 9.53 Å². The normalized spacial score (nSPS) is 15.6. The minimum Gasteiger partial charge on any atom is -0.497 e. The Balaban J connectivity index is 2.10. The number of rotatable bonds is 2. The van der Waals surface area contributed by atoms with Gasteiger partial charge in [0.05, 0.1) is 12.8 Å². The monoisotopic (exact) mass is 259 g/mol. The average molecular weight is 259 g/mol. The number of carbonyl (C=O) groups is 1. The number of benzene rings is 1. The lowest BCUT2D eigenvalue weighted by molar-refractivity contribution is -0.110. The van der Waals surface area contributed by atoms with Crippen molar-refractivity contribution >= 4 is 33.8 Å². The summed E-state index contributed by atoms with van der Waals surface area (Å²) in [6.07, 6.45) is 1.66. The zero-order chi connectivity index (χ0) is 12.5. The maximum absolute atomic E-state index is 11.9. The van der Waals surface area contributed by atoms with Crippen LogP contribution in [0.5, 0.6) is 5.75 Å². The molecule has 0 radical (unpaired) electrons. The van der Waals surface area contributed by atoms with Gasteiger partial charge in [0.1, 0.15) is 11.5 Å². The smallest absolute Gasteiger partial charge is 0.275 e. The Morgan fingerprint density at radius 2 is 2.33 bits per heavy atom. The molecule has 1 aromatic heterocycles. The van der Waals surface area contributed by atoms with Crippen molar-refractivity contribution in [2.24, 2.45) is 4.99 Å². The first-order chi connectivity index (χ1) is 8.78. The molecule has 0 unspecified atom stereocenters. The van der Waals surface area contributed by atoms with E-state index in [-0.39, 0.29) is 5.91 Å². The maximum Gasteiger partial charge on any atom is 0.275 e. The molecule has 2 heterocycles. The summed E-state index contributed by atoms with van der Waals surface area (Å²) in [7, 11) is 1.59. The third-order valence-corrected chi connectivity index (χ3v) is 3.24. The van der Waals surface area contributed by atoms with Crippen molar-refractivity contribution in [1.29, 1.82) is 0 Å². The SMILES string of the molecule is COc1ccc2c(c1)/C(=N/c1nccs1)C(=O)N2. The van der Waals surface area contributed by atoms with E-state index in [0.29, 0.717) is 16.6 Å². The number of fused-ring (bicyclic) bond motifs is 1. The van der Waals surface area contributed by atoms with E-state index in [9.17, 15) is 4.79 Å². The van der Waals surface area contributed by atoms with Gasteiger partial charge in [0.25, 0.3) is 5.91 Å². The number of hydrogen-bond acceptors (Lipinski definition) is 5. The summed E-state index contributed by atoms with van der Waals surface area (Å²) >= 11 is 1.39. The molecule has 1 aliphatic heterocycles. The number of thiazole rings is 1. The van der Waals surface area contributed by atoms with Gasteiger partial charge in [-0.3, -0.25) is 4.79 Å². The number of ether oxygens (including phenoxy) is 1. The molecule has 2 aromatic rings. The molecular formula is C12H9N3O2S. The Kier molecular flexibility index (Phi) is 2.56. The van der Waals surface area contributed by atoms with Gasteiger partial charge in [-0.25, -0.2) is 9.98 Å². The molecule has 0 saturated heterocycles. The molecule has 0 spiro atoms. The first-order valence-electron chi connectivity index (χ1n) is 5.26. The number of amides is 1. The van der Waals surface area contributed by atoms with Crippen molar-refractivity contribution in [2.45, 2.75) is 0 Å². The van der Waals surface area contributed by atoms with Crippen LogP contribution in [0.3, 0.4) is 0 Å². The minimum atomic E-state index is -0.214. The Labute approximate surface area is 107 Å². The summed E-state index contributed by atoms with van der Waals surface area (Å²) in [5.41, 5.74) is 1.87. The highest BCUT2D eigenvalue weighted by Gasteiger charge is 2.26. The van der Waals surface area contributed by atoms with Gasteiger partial charge in [-0.2, -0.15) is 0 Å². The van der Waals surface area contributed by atoms with Crippen LogP contribution in [-0.4, -0.2) is 23.7 Å². The fourth-order valence-corrected chi connectivity index (χ4v) is 2.25. The van der Waals surface area contributed by atoms with Gasteiger partial charge in [0.2, 0.25) is 5.13 Å². The molecule has 3 rings (SSSR count). The largest absolute Gasteiger partial charge is 0.497 e. The number of aromatic nitrogens is 1. The standard InChI is InChI=1S/C12H9N3O2S/c1-17-7-2-3-9-8(6-7)10(11(16)14-9)15-12-13-4-5-18-12/h2-6H,1H3,(H,13,14,15,16). The summed E-state index contributed by atoms with van der Waals surface area (Å²) in [6, 6.07) is 5.39. The van der Waals surface area contributed by atoms with Crippen LogP contribution in [-0.2, 0) is 4.79 Å². The van der Waals surface area contributed by atoms with E-state index in [1.54, 1.807) is 31.5 Å². The van der Waals surface area contributed by atoms with Gasteiger partial charge in [-0.15, -0.1) is 11.3 Å². The summed E-state index contributed by atoms with van der Waals surface area (Å²) in [5, 5.41) is 5.15. The number of aliphatic imine (C=N–C) groups is 1. The second kappa shape index (κ2) is 4.23. The highest BCUT2D eigenvalue weighted by molar-refractivity contribution is 7.13. The number of carbonyl (C=O) groups excluding carboxylic acids is 1. The summed E-state index contributed by atoms with van der Waals surface area (Å²) in [5.74, 6) is 0.477. The molecule has 0 bridgehead atoms. The van der Waals surface area contributed by atoms with Crippen molar-refractivity contribution in [3.05, 3.63) is 35.3 Å². The lowest BCUT2D eigenvalue weighted by Gasteiger charge is -2.01. The van der Waals surface area contributed by atoms with Crippen LogP contribution >= 0.6 is 11.3 Å². The summed E-state index contributed by atoms with van der Waals surface area (Å²) in [4.78, 5) is 20.2. The predicted molar refractivity (Wildman–Crippen MR) is 69.9 cm³/mol. The first kappa shape index (κ1) is 10.9. The number of methoxy groups -OCH3 is 1. The number of hydrogen-bond donors (Lipinski definition) is 1. The van der Waals surface area contributed by atoms with Crippen molar-refractivity contribution in [2.75, 3.05) is 12.4 Å². The highest BCUT2D eigenvalue weighted by atomic mass is 32.1.